The van der Waals surface area contributed by atoms with Gasteiger partial charge in [-0.2, -0.15) is 0 Å². The molecule has 1 unspecified atom stereocenters. The Kier molecular flexibility index (Phi) is 3.21. The molecule has 0 fully saturated rings. The van der Waals surface area contributed by atoms with Crippen molar-refractivity contribution in [3.05, 3.63) is 58.6 Å². The predicted molar refractivity (Wildman–Crippen MR) is 81.1 cm³/mol. The first-order valence-corrected chi connectivity index (χ1v) is 6.94. The highest BCUT2D eigenvalue weighted by Crippen LogP contribution is 2.42. The van der Waals surface area contributed by atoms with Gasteiger partial charge in [0.25, 0.3) is 0 Å². The van der Waals surface area contributed by atoms with E-state index in [1.807, 2.05) is 12.1 Å². The average Bonchev–Trinajstić information content (AvgIpc) is 2.74. The number of para-hydroxylation sites is 2. The van der Waals surface area contributed by atoms with Gasteiger partial charge in [-0.05, 0) is 36.6 Å². The van der Waals surface area contributed by atoms with Crippen LogP contribution in [0, 0.1) is 0 Å². The Morgan fingerprint density at radius 1 is 1.21 bits per heavy atom. The van der Waals surface area contributed by atoms with Crippen LogP contribution in [0.3, 0.4) is 0 Å². The summed E-state index contributed by atoms with van der Waals surface area (Å²) in [6.07, 6.45) is 1.05. The van der Waals surface area contributed by atoms with Crippen molar-refractivity contribution >= 4 is 23.0 Å². The van der Waals surface area contributed by atoms with Gasteiger partial charge in [0.05, 0.1) is 10.7 Å². The summed E-state index contributed by atoms with van der Waals surface area (Å²) in [5, 5.41) is 0.770. The molecule has 2 N–H and O–H groups in total. The Morgan fingerprint density at radius 3 is 2.79 bits per heavy atom. The highest BCUT2D eigenvalue weighted by molar-refractivity contribution is 6.33. The standard InChI is InChI=1S/C16H17ClN2/c1-11-9-12-5-2-3-8-15(12)19(11)16-13(10-18)6-4-7-14(16)17/h2-8,11H,9-10,18H2,1H3. The fraction of sp³-hybridized carbons (Fsp3) is 0.250. The first kappa shape index (κ1) is 12.5. The van der Waals surface area contributed by atoms with Gasteiger partial charge in [-0.3, -0.25) is 0 Å². The number of hydrogen-bond donors (Lipinski definition) is 1. The van der Waals surface area contributed by atoms with Gasteiger partial charge in [0, 0.05) is 18.3 Å². The van der Waals surface area contributed by atoms with E-state index in [2.05, 4.69) is 42.2 Å². The first-order valence-electron chi connectivity index (χ1n) is 6.57. The van der Waals surface area contributed by atoms with Crippen LogP contribution in [0.15, 0.2) is 42.5 Å². The fourth-order valence-corrected chi connectivity index (χ4v) is 3.19. The fourth-order valence-electron chi connectivity index (χ4n) is 2.90. The van der Waals surface area contributed by atoms with E-state index in [0.29, 0.717) is 12.6 Å². The van der Waals surface area contributed by atoms with E-state index in [9.17, 15) is 0 Å². The van der Waals surface area contributed by atoms with Gasteiger partial charge in [0.1, 0.15) is 0 Å². The minimum Gasteiger partial charge on any atom is -0.337 e. The maximum absolute atomic E-state index is 6.42. The van der Waals surface area contributed by atoms with Crippen LogP contribution < -0.4 is 10.6 Å². The monoisotopic (exact) mass is 272 g/mol. The van der Waals surface area contributed by atoms with Crippen molar-refractivity contribution in [2.75, 3.05) is 4.90 Å². The Morgan fingerprint density at radius 2 is 2.00 bits per heavy atom. The van der Waals surface area contributed by atoms with E-state index in [4.69, 9.17) is 17.3 Å². The topological polar surface area (TPSA) is 29.3 Å². The third-order valence-electron chi connectivity index (χ3n) is 3.74. The molecule has 0 bridgehead atoms. The van der Waals surface area contributed by atoms with Crippen LogP contribution in [0.25, 0.3) is 0 Å². The lowest BCUT2D eigenvalue weighted by molar-refractivity contribution is 0.755. The molecule has 98 valence electrons. The lowest BCUT2D eigenvalue weighted by Gasteiger charge is -2.28. The van der Waals surface area contributed by atoms with E-state index in [1.165, 1.54) is 11.3 Å². The summed E-state index contributed by atoms with van der Waals surface area (Å²) in [6, 6.07) is 14.9. The number of nitrogens with two attached hydrogens (primary N) is 1. The summed E-state index contributed by atoms with van der Waals surface area (Å²) in [5.41, 5.74) is 10.6. The molecule has 19 heavy (non-hydrogen) atoms. The maximum Gasteiger partial charge on any atom is 0.0648 e. The molecule has 1 aliphatic heterocycles. The number of nitrogens with zero attached hydrogens (tertiary/aromatic N) is 1. The first-order chi connectivity index (χ1) is 9.22. The van der Waals surface area contributed by atoms with E-state index in [0.717, 1.165) is 22.7 Å². The second kappa shape index (κ2) is 4.87. The van der Waals surface area contributed by atoms with Crippen LogP contribution in [-0.4, -0.2) is 6.04 Å². The maximum atomic E-state index is 6.42. The molecular formula is C16H17ClN2. The summed E-state index contributed by atoms with van der Waals surface area (Å²) in [6.45, 7) is 2.73. The van der Waals surface area contributed by atoms with Crippen LogP contribution >= 0.6 is 11.6 Å². The molecular weight excluding hydrogens is 256 g/mol. The number of halogens is 1. The summed E-state index contributed by atoms with van der Waals surface area (Å²) in [5.74, 6) is 0. The average molecular weight is 273 g/mol. The molecule has 0 saturated heterocycles. The number of hydrogen-bond acceptors (Lipinski definition) is 2. The summed E-state index contributed by atoms with van der Waals surface area (Å²) < 4.78 is 0. The van der Waals surface area contributed by atoms with Gasteiger partial charge < -0.3 is 10.6 Å². The van der Waals surface area contributed by atoms with Crippen LogP contribution in [0.4, 0.5) is 11.4 Å². The molecule has 0 spiro atoms. The van der Waals surface area contributed by atoms with Crippen molar-refractivity contribution in [1.82, 2.24) is 0 Å². The molecule has 2 nitrogen and oxygen atoms in total. The van der Waals surface area contributed by atoms with Gasteiger partial charge in [-0.1, -0.05) is 41.9 Å². The van der Waals surface area contributed by atoms with Crippen molar-refractivity contribution in [3.63, 3.8) is 0 Å². The molecule has 0 aromatic heterocycles. The smallest absolute Gasteiger partial charge is 0.0648 e. The Labute approximate surface area is 118 Å². The third kappa shape index (κ3) is 2.01. The second-order valence-electron chi connectivity index (χ2n) is 5.00. The largest absolute Gasteiger partial charge is 0.337 e. The molecule has 1 heterocycles. The molecule has 3 heteroatoms. The summed E-state index contributed by atoms with van der Waals surface area (Å²) in [4.78, 5) is 2.32. The zero-order chi connectivity index (χ0) is 13.4. The molecule has 3 rings (SSSR count). The number of rotatable bonds is 2. The van der Waals surface area contributed by atoms with E-state index in [1.54, 1.807) is 0 Å². The summed E-state index contributed by atoms with van der Waals surface area (Å²) >= 11 is 6.42. The van der Waals surface area contributed by atoms with Crippen LogP contribution in [0.2, 0.25) is 5.02 Å². The van der Waals surface area contributed by atoms with Crippen LogP contribution in [-0.2, 0) is 13.0 Å². The Balaban J connectivity index is 2.18. The minimum absolute atomic E-state index is 0.405. The van der Waals surface area contributed by atoms with Crippen molar-refractivity contribution in [1.29, 1.82) is 0 Å². The second-order valence-corrected chi connectivity index (χ2v) is 5.41. The minimum atomic E-state index is 0.405. The Bertz CT molecular complexity index is 609. The molecule has 1 aliphatic rings. The lowest BCUT2D eigenvalue weighted by Crippen LogP contribution is -2.25. The number of anilines is 2. The van der Waals surface area contributed by atoms with Crippen molar-refractivity contribution in [3.8, 4) is 0 Å². The molecule has 1 atom stereocenters. The predicted octanol–water partition coefficient (Wildman–Crippen LogP) is 3.88. The summed E-state index contributed by atoms with van der Waals surface area (Å²) in [7, 11) is 0. The van der Waals surface area contributed by atoms with Gasteiger partial charge in [-0.15, -0.1) is 0 Å². The van der Waals surface area contributed by atoms with Gasteiger partial charge >= 0.3 is 0 Å². The van der Waals surface area contributed by atoms with Crippen molar-refractivity contribution < 1.29 is 0 Å². The van der Waals surface area contributed by atoms with Gasteiger partial charge in [-0.25, -0.2) is 0 Å². The van der Waals surface area contributed by atoms with Crippen molar-refractivity contribution in [2.45, 2.75) is 25.9 Å². The van der Waals surface area contributed by atoms with Gasteiger partial charge in [0.2, 0.25) is 0 Å². The molecule has 0 radical (unpaired) electrons. The van der Waals surface area contributed by atoms with E-state index < -0.39 is 0 Å². The highest BCUT2D eigenvalue weighted by atomic mass is 35.5. The number of benzene rings is 2. The van der Waals surface area contributed by atoms with E-state index >= 15 is 0 Å². The van der Waals surface area contributed by atoms with Crippen molar-refractivity contribution in [2.24, 2.45) is 5.73 Å². The molecule has 0 amide bonds. The van der Waals surface area contributed by atoms with E-state index in [-0.39, 0.29) is 0 Å². The quantitative estimate of drug-likeness (QED) is 0.899. The zero-order valence-electron chi connectivity index (χ0n) is 10.9. The molecule has 0 aliphatic carbocycles. The Hall–Kier alpha value is -1.51. The zero-order valence-corrected chi connectivity index (χ0v) is 11.7. The highest BCUT2D eigenvalue weighted by Gasteiger charge is 2.29. The lowest BCUT2D eigenvalue weighted by atomic mass is 10.1. The molecule has 0 saturated carbocycles. The van der Waals surface area contributed by atoms with Gasteiger partial charge in [0.15, 0.2) is 0 Å². The third-order valence-corrected chi connectivity index (χ3v) is 4.04. The van der Waals surface area contributed by atoms with Crippen LogP contribution in [0.1, 0.15) is 18.1 Å². The molecule has 2 aromatic rings. The number of fused-ring (bicyclic) bond motifs is 1. The SMILES string of the molecule is CC1Cc2ccccc2N1c1c(Cl)cccc1CN. The van der Waals surface area contributed by atoms with Crippen LogP contribution in [0.5, 0.6) is 0 Å². The normalized spacial score (nSPS) is 17.6. The molecule has 2 aromatic carbocycles.